The fraction of sp³-hybridized carbons (Fsp3) is 0.278. The van der Waals surface area contributed by atoms with Crippen molar-refractivity contribution < 1.29 is 4.79 Å². The Bertz CT molecular complexity index is 626. The predicted octanol–water partition coefficient (Wildman–Crippen LogP) is 3.66. The third kappa shape index (κ3) is 2.77. The molecular formula is C18H20N2O. The lowest BCUT2D eigenvalue weighted by Crippen LogP contribution is -2.26. The van der Waals surface area contributed by atoms with E-state index in [1.807, 2.05) is 41.3 Å². The van der Waals surface area contributed by atoms with Gasteiger partial charge in [-0.3, -0.25) is 4.79 Å². The number of amides is 1. The highest BCUT2D eigenvalue weighted by atomic mass is 16.2. The van der Waals surface area contributed by atoms with Crippen LogP contribution in [0.4, 0.5) is 5.69 Å². The van der Waals surface area contributed by atoms with E-state index in [0.29, 0.717) is 13.1 Å². The van der Waals surface area contributed by atoms with E-state index in [1.165, 1.54) is 11.1 Å². The van der Waals surface area contributed by atoms with Crippen molar-refractivity contribution in [2.24, 2.45) is 0 Å². The zero-order chi connectivity index (χ0) is 14.7. The van der Waals surface area contributed by atoms with Crippen LogP contribution in [0.5, 0.6) is 0 Å². The van der Waals surface area contributed by atoms with Crippen molar-refractivity contribution in [1.82, 2.24) is 4.90 Å². The summed E-state index contributed by atoms with van der Waals surface area (Å²) < 4.78 is 0. The van der Waals surface area contributed by atoms with Gasteiger partial charge < -0.3 is 10.2 Å². The Morgan fingerprint density at radius 1 is 1.05 bits per heavy atom. The number of rotatable bonds is 4. The van der Waals surface area contributed by atoms with Gasteiger partial charge in [0.2, 0.25) is 0 Å². The summed E-state index contributed by atoms with van der Waals surface area (Å²) in [5.74, 6) is 0.102. The second-order valence-corrected chi connectivity index (χ2v) is 5.40. The molecule has 21 heavy (non-hydrogen) atoms. The maximum absolute atomic E-state index is 12.8. The van der Waals surface area contributed by atoms with Crippen LogP contribution in [-0.2, 0) is 13.1 Å². The highest BCUT2D eigenvalue weighted by molar-refractivity contribution is 5.99. The molecule has 1 aliphatic heterocycles. The van der Waals surface area contributed by atoms with Crippen molar-refractivity contribution in [3.05, 3.63) is 65.2 Å². The van der Waals surface area contributed by atoms with E-state index in [0.717, 1.165) is 24.2 Å². The second kappa shape index (κ2) is 6.00. The lowest BCUT2D eigenvalue weighted by molar-refractivity contribution is 0.0752. The average Bonchev–Trinajstić information content (AvgIpc) is 2.96. The minimum absolute atomic E-state index is 0.102. The number of nitrogens with zero attached hydrogens (tertiary/aromatic N) is 1. The summed E-state index contributed by atoms with van der Waals surface area (Å²) in [6.07, 6.45) is 1.04. The van der Waals surface area contributed by atoms with Gasteiger partial charge in [-0.15, -0.1) is 0 Å². The Morgan fingerprint density at radius 2 is 1.67 bits per heavy atom. The van der Waals surface area contributed by atoms with Gasteiger partial charge in [0.05, 0.1) is 5.56 Å². The highest BCUT2D eigenvalue weighted by Crippen LogP contribution is 2.26. The van der Waals surface area contributed by atoms with Crippen LogP contribution in [0.15, 0.2) is 48.5 Å². The lowest BCUT2D eigenvalue weighted by atomic mass is 10.1. The van der Waals surface area contributed by atoms with E-state index >= 15 is 0 Å². The molecule has 0 aromatic heterocycles. The van der Waals surface area contributed by atoms with E-state index in [-0.39, 0.29) is 5.91 Å². The van der Waals surface area contributed by atoms with E-state index in [9.17, 15) is 4.79 Å². The molecule has 108 valence electrons. The van der Waals surface area contributed by atoms with E-state index in [2.05, 4.69) is 24.4 Å². The summed E-state index contributed by atoms with van der Waals surface area (Å²) in [5, 5.41) is 3.34. The zero-order valence-electron chi connectivity index (χ0n) is 12.3. The maximum Gasteiger partial charge on any atom is 0.256 e. The van der Waals surface area contributed by atoms with Crippen molar-refractivity contribution in [3.8, 4) is 0 Å². The summed E-state index contributed by atoms with van der Waals surface area (Å²) in [6.45, 7) is 4.41. The second-order valence-electron chi connectivity index (χ2n) is 5.40. The summed E-state index contributed by atoms with van der Waals surface area (Å²) in [7, 11) is 0. The van der Waals surface area contributed by atoms with Crippen LogP contribution in [0, 0.1) is 0 Å². The largest absolute Gasteiger partial charge is 0.384 e. The number of carbonyl (C=O) groups is 1. The summed E-state index contributed by atoms with van der Waals surface area (Å²) in [6, 6.07) is 16.0. The van der Waals surface area contributed by atoms with Gasteiger partial charge in [0.25, 0.3) is 5.91 Å². The van der Waals surface area contributed by atoms with Gasteiger partial charge in [0.1, 0.15) is 0 Å². The van der Waals surface area contributed by atoms with Crippen LogP contribution in [0.2, 0.25) is 0 Å². The van der Waals surface area contributed by atoms with Gasteiger partial charge in [-0.2, -0.15) is 0 Å². The number of hydrogen-bond donors (Lipinski definition) is 1. The molecule has 3 rings (SSSR count). The predicted molar refractivity (Wildman–Crippen MR) is 85.2 cm³/mol. The molecule has 1 amide bonds. The van der Waals surface area contributed by atoms with Crippen molar-refractivity contribution in [2.45, 2.75) is 26.4 Å². The van der Waals surface area contributed by atoms with Crippen LogP contribution in [-0.4, -0.2) is 17.4 Å². The first-order valence-corrected chi connectivity index (χ1v) is 7.48. The minimum Gasteiger partial charge on any atom is -0.384 e. The molecule has 0 unspecified atom stereocenters. The zero-order valence-corrected chi connectivity index (χ0v) is 12.3. The molecule has 3 nitrogen and oxygen atoms in total. The number of anilines is 1. The molecular weight excluding hydrogens is 260 g/mol. The molecule has 1 heterocycles. The third-order valence-electron chi connectivity index (χ3n) is 3.85. The van der Waals surface area contributed by atoms with Crippen molar-refractivity contribution in [1.29, 1.82) is 0 Å². The lowest BCUT2D eigenvalue weighted by Gasteiger charge is -2.18. The van der Waals surface area contributed by atoms with Gasteiger partial charge in [0, 0.05) is 25.3 Å². The molecule has 3 heteroatoms. The van der Waals surface area contributed by atoms with E-state index < -0.39 is 0 Å². The number of hydrogen-bond acceptors (Lipinski definition) is 2. The third-order valence-corrected chi connectivity index (χ3v) is 3.85. The molecule has 1 aliphatic rings. The van der Waals surface area contributed by atoms with Crippen LogP contribution in [0.25, 0.3) is 0 Å². The topological polar surface area (TPSA) is 32.3 Å². The first kappa shape index (κ1) is 13.7. The molecule has 0 atom stereocenters. The van der Waals surface area contributed by atoms with Crippen molar-refractivity contribution in [3.63, 3.8) is 0 Å². The molecule has 0 spiro atoms. The number of carbonyl (C=O) groups excluding carboxylic acids is 1. The van der Waals surface area contributed by atoms with Crippen LogP contribution < -0.4 is 5.32 Å². The fourth-order valence-electron chi connectivity index (χ4n) is 2.73. The number of fused-ring (bicyclic) bond motifs is 1. The normalized spacial score (nSPS) is 13.1. The van der Waals surface area contributed by atoms with E-state index in [1.54, 1.807) is 0 Å². The summed E-state index contributed by atoms with van der Waals surface area (Å²) >= 11 is 0. The Hall–Kier alpha value is -2.29. The van der Waals surface area contributed by atoms with Crippen molar-refractivity contribution >= 4 is 11.6 Å². The summed E-state index contributed by atoms with van der Waals surface area (Å²) in [4.78, 5) is 14.7. The fourth-order valence-corrected chi connectivity index (χ4v) is 2.73. The van der Waals surface area contributed by atoms with Gasteiger partial charge in [-0.1, -0.05) is 43.3 Å². The Kier molecular flexibility index (Phi) is 3.91. The molecule has 1 N–H and O–H groups in total. The molecule has 0 radical (unpaired) electrons. The SMILES string of the molecule is CCCNc1ccccc1C(=O)N1Cc2ccccc2C1. The smallest absolute Gasteiger partial charge is 0.256 e. The number of para-hydroxylation sites is 1. The van der Waals surface area contributed by atoms with E-state index in [4.69, 9.17) is 0 Å². The molecule has 0 saturated carbocycles. The molecule has 0 fully saturated rings. The standard InChI is InChI=1S/C18H20N2O/c1-2-11-19-17-10-6-5-9-16(17)18(21)20-12-14-7-3-4-8-15(14)13-20/h3-10,19H,2,11-13H2,1H3. The van der Waals surface area contributed by atoms with Crippen molar-refractivity contribution in [2.75, 3.05) is 11.9 Å². The Labute approximate surface area is 125 Å². The van der Waals surface area contributed by atoms with Crippen LogP contribution >= 0.6 is 0 Å². The Morgan fingerprint density at radius 3 is 2.33 bits per heavy atom. The molecule has 0 saturated heterocycles. The molecule has 2 aromatic carbocycles. The minimum atomic E-state index is 0.102. The first-order chi connectivity index (χ1) is 10.3. The monoisotopic (exact) mass is 280 g/mol. The quantitative estimate of drug-likeness (QED) is 0.927. The van der Waals surface area contributed by atoms with Gasteiger partial charge in [-0.05, 0) is 29.7 Å². The molecule has 2 aromatic rings. The average molecular weight is 280 g/mol. The van der Waals surface area contributed by atoms with Gasteiger partial charge in [-0.25, -0.2) is 0 Å². The highest BCUT2D eigenvalue weighted by Gasteiger charge is 2.25. The van der Waals surface area contributed by atoms with Gasteiger partial charge in [0.15, 0.2) is 0 Å². The summed E-state index contributed by atoms with van der Waals surface area (Å²) in [5.41, 5.74) is 4.20. The maximum atomic E-state index is 12.8. The number of nitrogens with one attached hydrogen (secondary N) is 1. The molecule has 0 bridgehead atoms. The van der Waals surface area contributed by atoms with Gasteiger partial charge >= 0.3 is 0 Å². The Balaban J connectivity index is 1.81. The van der Waals surface area contributed by atoms with Crippen LogP contribution in [0.1, 0.15) is 34.8 Å². The van der Waals surface area contributed by atoms with Crippen LogP contribution in [0.3, 0.4) is 0 Å². The molecule has 0 aliphatic carbocycles. The first-order valence-electron chi connectivity index (χ1n) is 7.48. The number of benzene rings is 2.